The van der Waals surface area contributed by atoms with Gasteiger partial charge in [0.05, 0.1) is 12.7 Å². The van der Waals surface area contributed by atoms with Gasteiger partial charge in [0.1, 0.15) is 0 Å². The van der Waals surface area contributed by atoms with Crippen LogP contribution in [0.2, 0.25) is 0 Å². The van der Waals surface area contributed by atoms with Crippen molar-refractivity contribution in [2.45, 2.75) is 32.0 Å². The third kappa shape index (κ3) is 6.11. The van der Waals surface area contributed by atoms with Crippen molar-refractivity contribution in [3.63, 3.8) is 0 Å². The summed E-state index contributed by atoms with van der Waals surface area (Å²) < 4.78 is 5.52. The average Bonchev–Trinajstić information content (AvgIpc) is 2.34. The molecule has 0 spiro atoms. The van der Waals surface area contributed by atoms with Crippen LogP contribution in [0.1, 0.15) is 24.8 Å². The van der Waals surface area contributed by atoms with Crippen molar-refractivity contribution in [1.82, 2.24) is 0 Å². The summed E-state index contributed by atoms with van der Waals surface area (Å²) in [6.45, 7) is 1.41. The first-order valence-corrected chi connectivity index (χ1v) is 6.22. The van der Waals surface area contributed by atoms with Gasteiger partial charge < -0.3 is 9.84 Å². The smallest absolute Gasteiger partial charge is 0.0716 e. The lowest BCUT2D eigenvalue weighted by Gasteiger charge is -2.06. The van der Waals surface area contributed by atoms with Gasteiger partial charge in [0.25, 0.3) is 0 Å². The molecule has 1 unspecified atom stereocenters. The summed E-state index contributed by atoms with van der Waals surface area (Å²) in [5, 5.41) is 9.22. The molecule has 1 aromatic rings. The second-order valence-electron chi connectivity index (χ2n) is 3.84. The molecule has 0 aliphatic carbocycles. The number of aliphatic hydroxyl groups is 1. The minimum atomic E-state index is -0.365. The highest BCUT2D eigenvalue weighted by atomic mass is 35.5. The second kappa shape index (κ2) is 8.57. The lowest BCUT2D eigenvalue weighted by Crippen LogP contribution is -2.08. The number of rotatable bonds is 8. The lowest BCUT2D eigenvalue weighted by atomic mass is 10.2. The first kappa shape index (κ1) is 13.5. The Hall–Kier alpha value is -0.570. The standard InChI is InChI=1S/C13H19ClO2/c14-10-13(15)8-4-5-9-16-11-12-6-2-1-3-7-12/h1-3,6-7,13,15H,4-5,8-11H2. The molecule has 90 valence electrons. The minimum Gasteiger partial charge on any atom is -0.392 e. The molecule has 0 amide bonds. The van der Waals surface area contributed by atoms with E-state index in [0.717, 1.165) is 25.9 Å². The number of unbranched alkanes of at least 4 members (excludes halogenated alkanes) is 1. The van der Waals surface area contributed by atoms with Crippen molar-refractivity contribution in [1.29, 1.82) is 0 Å². The van der Waals surface area contributed by atoms with Crippen LogP contribution in [0.3, 0.4) is 0 Å². The molecule has 1 rings (SSSR count). The first-order valence-electron chi connectivity index (χ1n) is 5.68. The van der Waals surface area contributed by atoms with Gasteiger partial charge in [-0.2, -0.15) is 0 Å². The Kier molecular flexibility index (Phi) is 7.23. The van der Waals surface area contributed by atoms with Crippen molar-refractivity contribution in [2.24, 2.45) is 0 Å². The van der Waals surface area contributed by atoms with E-state index >= 15 is 0 Å². The largest absolute Gasteiger partial charge is 0.392 e. The highest BCUT2D eigenvalue weighted by Gasteiger charge is 2.00. The third-order valence-corrected chi connectivity index (χ3v) is 2.72. The monoisotopic (exact) mass is 242 g/mol. The van der Waals surface area contributed by atoms with Crippen LogP contribution in [0.4, 0.5) is 0 Å². The average molecular weight is 243 g/mol. The molecule has 1 atom stereocenters. The molecule has 3 heteroatoms. The Labute approximate surface area is 102 Å². The summed E-state index contributed by atoms with van der Waals surface area (Å²) in [6, 6.07) is 10.1. The highest BCUT2D eigenvalue weighted by Crippen LogP contribution is 2.05. The van der Waals surface area contributed by atoms with Crippen molar-refractivity contribution in [3.8, 4) is 0 Å². The van der Waals surface area contributed by atoms with Gasteiger partial charge >= 0.3 is 0 Å². The van der Waals surface area contributed by atoms with Crippen LogP contribution < -0.4 is 0 Å². The number of hydrogen-bond donors (Lipinski definition) is 1. The van der Waals surface area contributed by atoms with Crippen LogP contribution in [0, 0.1) is 0 Å². The molecule has 0 aliphatic rings. The van der Waals surface area contributed by atoms with Crippen molar-refractivity contribution < 1.29 is 9.84 Å². The summed E-state index contributed by atoms with van der Waals surface area (Å²) in [7, 11) is 0. The van der Waals surface area contributed by atoms with Gasteiger partial charge in [-0.05, 0) is 24.8 Å². The normalized spacial score (nSPS) is 12.6. The summed E-state index contributed by atoms with van der Waals surface area (Å²) >= 11 is 5.49. The molecular weight excluding hydrogens is 224 g/mol. The zero-order valence-electron chi connectivity index (χ0n) is 9.44. The Morgan fingerprint density at radius 2 is 1.94 bits per heavy atom. The summed E-state index contributed by atoms with van der Waals surface area (Å²) in [4.78, 5) is 0. The minimum absolute atomic E-state index is 0.324. The van der Waals surface area contributed by atoms with Gasteiger partial charge in [-0.3, -0.25) is 0 Å². The molecule has 2 nitrogen and oxygen atoms in total. The van der Waals surface area contributed by atoms with Gasteiger partial charge in [0, 0.05) is 12.5 Å². The van der Waals surface area contributed by atoms with Crippen LogP contribution in [-0.4, -0.2) is 23.7 Å². The Bertz CT molecular complexity index is 264. The predicted molar refractivity (Wildman–Crippen MR) is 66.7 cm³/mol. The molecule has 16 heavy (non-hydrogen) atoms. The molecule has 0 bridgehead atoms. The summed E-state index contributed by atoms with van der Waals surface area (Å²) in [5.74, 6) is 0.324. The van der Waals surface area contributed by atoms with Crippen LogP contribution in [-0.2, 0) is 11.3 Å². The number of benzene rings is 1. The zero-order valence-corrected chi connectivity index (χ0v) is 10.2. The van der Waals surface area contributed by atoms with Crippen LogP contribution >= 0.6 is 11.6 Å². The molecule has 0 radical (unpaired) electrons. The van der Waals surface area contributed by atoms with Crippen molar-refractivity contribution in [3.05, 3.63) is 35.9 Å². The summed E-state index contributed by atoms with van der Waals surface area (Å²) in [6.07, 6.45) is 2.33. The number of aliphatic hydroxyl groups excluding tert-OH is 1. The molecule has 1 N–H and O–H groups in total. The zero-order chi connectivity index (χ0) is 11.6. The van der Waals surface area contributed by atoms with E-state index in [-0.39, 0.29) is 6.10 Å². The second-order valence-corrected chi connectivity index (χ2v) is 4.15. The number of hydrogen-bond acceptors (Lipinski definition) is 2. The number of halogens is 1. The maximum atomic E-state index is 9.22. The van der Waals surface area contributed by atoms with E-state index < -0.39 is 0 Å². The SMILES string of the molecule is OC(CCl)CCCCOCc1ccccc1. The van der Waals surface area contributed by atoms with Gasteiger partial charge in [0.15, 0.2) is 0 Å². The van der Waals surface area contributed by atoms with E-state index in [1.165, 1.54) is 5.56 Å². The van der Waals surface area contributed by atoms with Crippen LogP contribution in [0.5, 0.6) is 0 Å². The Morgan fingerprint density at radius 3 is 2.62 bits per heavy atom. The number of ether oxygens (including phenoxy) is 1. The lowest BCUT2D eigenvalue weighted by molar-refractivity contribution is 0.111. The van der Waals surface area contributed by atoms with E-state index in [2.05, 4.69) is 12.1 Å². The first-order chi connectivity index (χ1) is 7.83. The topological polar surface area (TPSA) is 29.5 Å². The van der Waals surface area contributed by atoms with E-state index in [1.807, 2.05) is 18.2 Å². The molecule has 0 saturated carbocycles. The highest BCUT2D eigenvalue weighted by molar-refractivity contribution is 6.18. The van der Waals surface area contributed by atoms with Gasteiger partial charge in [0.2, 0.25) is 0 Å². The maximum Gasteiger partial charge on any atom is 0.0716 e. The molecule has 0 aliphatic heterocycles. The van der Waals surface area contributed by atoms with Crippen molar-refractivity contribution >= 4 is 11.6 Å². The van der Waals surface area contributed by atoms with E-state index in [9.17, 15) is 5.11 Å². The molecule has 0 fully saturated rings. The van der Waals surface area contributed by atoms with E-state index in [0.29, 0.717) is 12.5 Å². The summed E-state index contributed by atoms with van der Waals surface area (Å²) in [5.41, 5.74) is 1.20. The van der Waals surface area contributed by atoms with E-state index in [1.54, 1.807) is 0 Å². The molecule has 0 saturated heterocycles. The van der Waals surface area contributed by atoms with Gasteiger partial charge in [-0.25, -0.2) is 0 Å². The molecule has 0 aromatic heterocycles. The Morgan fingerprint density at radius 1 is 1.19 bits per heavy atom. The van der Waals surface area contributed by atoms with Gasteiger partial charge in [-0.15, -0.1) is 11.6 Å². The predicted octanol–water partition coefficient (Wildman–Crippen LogP) is 2.97. The molecule has 0 heterocycles. The van der Waals surface area contributed by atoms with Crippen LogP contribution in [0.25, 0.3) is 0 Å². The fourth-order valence-electron chi connectivity index (χ4n) is 1.43. The Balaban J connectivity index is 1.96. The number of alkyl halides is 1. The maximum absolute atomic E-state index is 9.22. The fourth-order valence-corrected chi connectivity index (χ4v) is 1.58. The van der Waals surface area contributed by atoms with Crippen LogP contribution in [0.15, 0.2) is 30.3 Å². The quantitative estimate of drug-likeness (QED) is 0.561. The van der Waals surface area contributed by atoms with E-state index in [4.69, 9.17) is 16.3 Å². The molecule has 1 aromatic carbocycles. The fraction of sp³-hybridized carbons (Fsp3) is 0.538. The molecular formula is C13H19ClO2. The van der Waals surface area contributed by atoms with Crippen molar-refractivity contribution in [2.75, 3.05) is 12.5 Å². The van der Waals surface area contributed by atoms with Gasteiger partial charge in [-0.1, -0.05) is 30.3 Å². The third-order valence-electron chi connectivity index (χ3n) is 2.37.